The predicted molar refractivity (Wildman–Crippen MR) is 53.6 cm³/mol. The van der Waals surface area contributed by atoms with Crippen molar-refractivity contribution < 1.29 is 9.60 Å². The van der Waals surface area contributed by atoms with Gasteiger partial charge >= 0.3 is 0 Å². The molecule has 0 spiro atoms. The van der Waals surface area contributed by atoms with Crippen molar-refractivity contribution in [2.45, 2.75) is 0 Å². The minimum atomic E-state index is -0.288. The molecule has 0 heterocycles. The second-order valence-electron chi connectivity index (χ2n) is 2.19. The molecule has 1 aromatic carbocycles. The molecule has 0 atom stereocenters. The highest BCUT2D eigenvalue weighted by Crippen LogP contribution is 2.05. The summed E-state index contributed by atoms with van der Waals surface area (Å²) in [6, 6.07) is 5.85. The molecule has 0 aliphatic heterocycles. The van der Waals surface area contributed by atoms with Crippen LogP contribution in [0.5, 0.6) is 0 Å². The van der Waals surface area contributed by atoms with Crippen molar-refractivity contribution in [1.82, 2.24) is 0 Å². The predicted octanol–water partition coefficient (Wildman–Crippen LogP) is 2.44. The van der Waals surface area contributed by atoms with Gasteiger partial charge in [-0.25, -0.2) is 4.39 Å². The molecule has 0 fully saturated rings. The van der Waals surface area contributed by atoms with Crippen LogP contribution in [0.3, 0.4) is 0 Å². The summed E-state index contributed by atoms with van der Waals surface area (Å²) in [5, 5.41) is 11.6. The first kappa shape index (κ1) is 9.44. The van der Waals surface area contributed by atoms with Crippen molar-refractivity contribution >= 4 is 28.3 Å². The summed E-state index contributed by atoms with van der Waals surface area (Å²) in [6.45, 7) is 0. The average Bonchev–Trinajstić information content (AvgIpc) is 2.10. The summed E-state index contributed by atoms with van der Waals surface area (Å²) in [5.74, 6) is -0.288. The Morgan fingerprint density at radius 3 is 2.42 bits per heavy atom. The van der Waals surface area contributed by atoms with Crippen LogP contribution in [0.4, 0.5) is 4.39 Å². The number of nitrogens with zero attached hydrogens (tertiary/aromatic N) is 1. The lowest BCUT2D eigenvalue weighted by molar-refractivity contribution is 0.319. The molecule has 1 aromatic rings. The average molecular weight is 279 g/mol. The molecular weight excluding hydrogens is 272 g/mol. The smallest absolute Gasteiger partial charge is 0.123 e. The normalized spacial score (nSPS) is 11.7. The van der Waals surface area contributed by atoms with E-state index in [9.17, 15) is 4.39 Å². The van der Waals surface area contributed by atoms with Crippen LogP contribution < -0.4 is 0 Å². The second kappa shape index (κ2) is 4.39. The summed E-state index contributed by atoms with van der Waals surface area (Å²) in [6.07, 6.45) is 0. The lowest BCUT2D eigenvalue weighted by Crippen LogP contribution is -2.01. The molecule has 12 heavy (non-hydrogen) atoms. The van der Waals surface area contributed by atoms with Crippen molar-refractivity contribution in [3.05, 3.63) is 35.6 Å². The van der Waals surface area contributed by atoms with Gasteiger partial charge in [-0.1, -0.05) is 39.9 Å². The number of hydrogen-bond donors (Lipinski definition) is 1. The highest BCUT2D eigenvalue weighted by molar-refractivity contribution is 14.1. The first-order valence-corrected chi connectivity index (χ1v) is 4.83. The van der Waals surface area contributed by atoms with Crippen LogP contribution in [0.1, 0.15) is 5.56 Å². The summed E-state index contributed by atoms with van der Waals surface area (Å²) < 4.78 is 13.1. The number of benzene rings is 1. The number of rotatable bonds is 2. The summed E-state index contributed by atoms with van der Waals surface area (Å²) >= 11 is 2.08. The molecule has 0 saturated carbocycles. The minimum absolute atomic E-state index is 0.288. The van der Waals surface area contributed by atoms with Gasteiger partial charge in [-0.2, -0.15) is 0 Å². The van der Waals surface area contributed by atoms with E-state index in [2.05, 4.69) is 27.7 Å². The molecule has 4 heteroatoms. The van der Waals surface area contributed by atoms with E-state index < -0.39 is 0 Å². The maximum absolute atomic E-state index is 12.5. The molecule has 1 rings (SSSR count). The van der Waals surface area contributed by atoms with Crippen LogP contribution in [0.2, 0.25) is 0 Å². The van der Waals surface area contributed by atoms with Gasteiger partial charge < -0.3 is 5.21 Å². The molecule has 64 valence electrons. The molecule has 0 aliphatic carbocycles. The number of oxime groups is 1. The molecule has 0 unspecified atom stereocenters. The minimum Gasteiger partial charge on any atom is -0.411 e. The van der Waals surface area contributed by atoms with Crippen LogP contribution in [0.15, 0.2) is 29.4 Å². The Morgan fingerprint density at radius 1 is 1.42 bits per heavy atom. The summed E-state index contributed by atoms with van der Waals surface area (Å²) in [7, 11) is 0. The molecule has 0 radical (unpaired) electrons. The Bertz CT molecular complexity index is 284. The van der Waals surface area contributed by atoms with Gasteiger partial charge in [0.25, 0.3) is 0 Å². The van der Waals surface area contributed by atoms with Crippen molar-refractivity contribution in [3.63, 3.8) is 0 Å². The summed E-state index contributed by atoms with van der Waals surface area (Å²) in [5.41, 5.74) is 1.30. The lowest BCUT2D eigenvalue weighted by atomic mass is 10.1. The molecule has 0 aliphatic rings. The maximum Gasteiger partial charge on any atom is 0.123 e. The van der Waals surface area contributed by atoms with E-state index >= 15 is 0 Å². The van der Waals surface area contributed by atoms with E-state index in [1.165, 1.54) is 12.1 Å². The largest absolute Gasteiger partial charge is 0.411 e. The molecular formula is C8H7FINO. The van der Waals surface area contributed by atoms with Gasteiger partial charge in [0, 0.05) is 9.99 Å². The van der Waals surface area contributed by atoms with Gasteiger partial charge in [-0.15, -0.1) is 0 Å². The van der Waals surface area contributed by atoms with Crippen molar-refractivity contribution in [1.29, 1.82) is 0 Å². The number of halogens is 2. The number of alkyl halides is 1. The van der Waals surface area contributed by atoms with E-state index in [0.29, 0.717) is 10.1 Å². The fourth-order valence-electron chi connectivity index (χ4n) is 0.804. The highest BCUT2D eigenvalue weighted by atomic mass is 127. The molecule has 1 N–H and O–H groups in total. The molecule has 0 saturated heterocycles. The first-order chi connectivity index (χ1) is 5.77. The van der Waals surface area contributed by atoms with E-state index in [-0.39, 0.29) is 5.82 Å². The van der Waals surface area contributed by atoms with Gasteiger partial charge in [-0.3, -0.25) is 0 Å². The van der Waals surface area contributed by atoms with Crippen LogP contribution in [-0.4, -0.2) is 15.3 Å². The van der Waals surface area contributed by atoms with E-state index in [1.54, 1.807) is 12.1 Å². The Labute approximate surface area is 83.2 Å². The van der Waals surface area contributed by atoms with Gasteiger partial charge in [0.05, 0.1) is 5.71 Å². The Hall–Kier alpha value is -0.650. The third-order valence-corrected chi connectivity index (χ3v) is 2.15. The molecule has 0 amide bonds. The van der Waals surface area contributed by atoms with Gasteiger partial charge in [-0.05, 0) is 12.1 Å². The van der Waals surface area contributed by atoms with E-state index in [1.807, 2.05) is 0 Å². The fourth-order valence-corrected chi connectivity index (χ4v) is 1.40. The second-order valence-corrected chi connectivity index (χ2v) is 2.95. The molecule has 0 aromatic heterocycles. The van der Waals surface area contributed by atoms with Crippen LogP contribution in [-0.2, 0) is 0 Å². The topological polar surface area (TPSA) is 32.6 Å². The Kier molecular flexibility index (Phi) is 3.46. The van der Waals surface area contributed by atoms with Crippen molar-refractivity contribution in [2.75, 3.05) is 4.43 Å². The van der Waals surface area contributed by atoms with E-state index in [4.69, 9.17) is 5.21 Å². The van der Waals surface area contributed by atoms with Gasteiger partial charge in [0.15, 0.2) is 0 Å². The Morgan fingerprint density at radius 2 is 2.00 bits per heavy atom. The Balaban J connectivity index is 2.96. The fraction of sp³-hybridized carbons (Fsp3) is 0.125. The zero-order valence-corrected chi connectivity index (χ0v) is 8.32. The third kappa shape index (κ3) is 2.17. The molecule has 2 nitrogen and oxygen atoms in total. The lowest BCUT2D eigenvalue weighted by Gasteiger charge is -1.98. The monoisotopic (exact) mass is 279 g/mol. The molecule has 0 bridgehead atoms. The zero-order chi connectivity index (χ0) is 8.97. The van der Waals surface area contributed by atoms with Crippen molar-refractivity contribution in [3.8, 4) is 0 Å². The first-order valence-electron chi connectivity index (χ1n) is 3.30. The number of hydrogen-bond acceptors (Lipinski definition) is 2. The third-order valence-electron chi connectivity index (χ3n) is 1.42. The highest BCUT2D eigenvalue weighted by Gasteiger charge is 2.01. The maximum atomic E-state index is 12.5. The summed E-state index contributed by atoms with van der Waals surface area (Å²) in [4.78, 5) is 0. The van der Waals surface area contributed by atoms with Crippen LogP contribution >= 0.6 is 22.6 Å². The zero-order valence-electron chi connectivity index (χ0n) is 6.17. The van der Waals surface area contributed by atoms with Crippen LogP contribution in [0, 0.1) is 5.82 Å². The SMILES string of the molecule is O/N=C(\CI)c1ccc(F)cc1. The standard InChI is InChI=1S/C8H7FINO/c9-7-3-1-6(2-4-7)8(5-10)11-12/h1-4,12H,5H2/b11-8+. The van der Waals surface area contributed by atoms with E-state index in [0.717, 1.165) is 5.56 Å². The van der Waals surface area contributed by atoms with Crippen molar-refractivity contribution in [2.24, 2.45) is 5.16 Å². The van der Waals surface area contributed by atoms with Gasteiger partial charge in [0.2, 0.25) is 0 Å². The van der Waals surface area contributed by atoms with Gasteiger partial charge in [0.1, 0.15) is 5.82 Å². The van der Waals surface area contributed by atoms with Crippen LogP contribution in [0.25, 0.3) is 0 Å². The quantitative estimate of drug-likeness (QED) is 0.291.